The number of aliphatic hydroxyl groups is 1. The summed E-state index contributed by atoms with van der Waals surface area (Å²) in [5.41, 5.74) is 3.45. The van der Waals surface area contributed by atoms with Crippen molar-refractivity contribution in [3.05, 3.63) is 42.6 Å². The minimum absolute atomic E-state index is 0.0811. The summed E-state index contributed by atoms with van der Waals surface area (Å²) < 4.78 is 3.11. The van der Waals surface area contributed by atoms with Crippen molar-refractivity contribution < 1.29 is 9.67 Å². The van der Waals surface area contributed by atoms with Crippen molar-refractivity contribution in [1.29, 1.82) is 5.26 Å². The maximum atomic E-state index is 9.10. The average Bonchev–Trinajstić information content (AvgIpc) is 3.27. The molecule has 2 aromatic carbocycles. The Hall–Kier alpha value is -3.35. The number of rotatable bonds is 5. The summed E-state index contributed by atoms with van der Waals surface area (Å²) in [4.78, 5) is 1.42. The molecule has 0 aliphatic carbocycles. The van der Waals surface area contributed by atoms with Crippen molar-refractivity contribution in [2.75, 3.05) is 18.1 Å². The van der Waals surface area contributed by atoms with Gasteiger partial charge in [0.2, 0.25) is 0 Å². The van der Waals surface area contributed by atoms with E-state index in [9.17, 15) is 0 Å². The van der Waals surface area contributed by atoms with E-state index in [2.05, 4.69) is 32.6 Å². The van der Waals surface area contributed by atoms with Gasteiger partial charge in [0, 0.05) is 11.5 Å². The molecule has 0 amide bonds. The Morgan fingerprint density at radius 1 is 1.30 bits per heavy atom. The van der Waals surface area contributed by atoms with E-state index in [0.717, 1.165) is 26.3 Å². The van der Waals surface area contributed by atoms with Gasteiger partial charge >= 0.3 is 5.13 Å². The number of anilines is 1. The van der Waals surface area contributed by atoms with Crippen LogP contribution in [0.4, 0.5) is 16.5 Å². The summed E-state index contributed by atoms with van der Waals surface area (Å²) in [6.45, 7) is 0.181. The van der Waals surface area contributed by atoms with Gasteiger partial charge in [-0.3, -0.25) is 10.00 Å². The zero-order valence-corrected chi connectivity index (χ0v) is 15.3. The van der Waals surface area contributed by atoms with Crippen molar-refractivity contribution in [3.8, 4) is 6.19 Å². The molecule has 0 atom stereocenters. The summed E-state index contributed by atoms with van der Waals surface area (Å²) in [6.07, 6.45) is 3.84. The highest BCUT2D eigenvalue weighted by Gasteiger charge is 2.17. The van der Waals surface area contributed by atoms with Crippen LogP contribution >= 0.6 is 11.3 Å². The first kappa shape index (κ1) is 17.1. The van der Waals surface area contributed by atoms with Crippen LogP contribution < -0.4 is 9.47 Å². The van der Waals surface area contributed by atoms with E-state index in [1.165, 1.54) is 4.90 Å². The lowest BCUT2D eigenvalue weighted by atomic mass is 10.2. The van der Waals surface area contributed by atoms with Crippen LogP contribution in [0, 0.1) is 11.5 Å². The van der Waals surface area contributed by atoms with Gasteiger partial charge in [-0.15, -0.1) is 0 Å². The van der Waals surface area contributed by atoms with Gasteiger partial charge in [-0.1, -0.05) is 0 Å². The number of nitrogens with one attached hydrogen (secondary N) is 1. The van der Waals surface area contributed by atoms with Gasteiger partial charge in [-0.05, 0) is 46.8 Å². The minimum atomic E-state index is -0.0811. The van der Waals surface area contributed by atoms with Crippen LogP contribution in [0.1, 0.15) is 0 Å². The number of aromatic amines is 1. The third kappa shape index (κ3) is 3.23. The number of hydrogen-bond acceptors (Lipinski definition) is 7. The molecule has 134 valence electrons. The van der Waals surface area contributed by atoms with Gasteiger partial charge in [0.25, 0.3) is 0 Å². The van der Waals surface area contributed by atoms with Crippen molar-refractivity contribution in [2.24, 2.45) is 17.3 Å². The summed E-state index contributed by atoms with van der Waals surface area (Å²) in [7, 11) is 1.96. The average molecular weight is 378 g/mol. The van der Waals surface area contributed by atoms with E-state index in [0.29, 0.717) is 11.4 Å². The van der Waals surface area contributed by atoms with E-state index in [1.807, 2.05) is 17.8 Å². The largest absolute Gasteiger partial charge is 0.409 e. The molecule has 0 saturated heterocycles. The van der Waals surface area contributed by atoms with Crippen LogP contribution in [0.2, 0.25) is 0 Å². The molecule has 0 spiro atoms. The molecule has 0 unspecified atom stereocenters. The van der Waals surface area contributed by atoms with Gasteiger partial charge in [0.05, 0.1) is 47.4 Å². The van der Waals surface area contributed by atoms with E-state index in [4.69, 9.17) is 10.4 Å². The third-order valence-corrected chi connectivity index (χ3v) is 5.31. The molecular formula is C18H16N7OS+. The standard InChI is InChI=1S/C18H16N7OS/c1-24-16-9-15-12(10-20-22-15)8-17(16)27-18(24)23-21-13-2-4-14(5-3-13)25(11-19)6-7-26/h2-5,8-10,26H,6-7H2,1H3,(H,20,22)/q+1. The van der Waals surface area contributed by atoms with Crippen LogP contribution in [0.3, 0.4) is 0 Å². The number of nitriles is 1. The van der Waals surface area contributed by atoms with Gasteiger partial charge in [-0.25, -0.2) is 4.57 Å². The van der Waals surface area contributed by atoms with Crippen molar-refractivity contribution in [3.63, 3.8) is 0 Å². The molecule has 0 aliphatic rings. The molecule has 2 heterocycles. The Labute approximate surface area is 158 Å². The number of aromatic nitrogens is 3. The van der Waals surface area contributed by atoms with Crippen LogP contribution in [-0.4, -0.2) is 28.5 Å². The summed E-state index contributed by atoms with van der Waals surface area (Å²) in [6, 6.07) is 11.3. The molecule has 4 rings (SSSR count). The van der Waals surface area contributed by atoms with Gasteiger partial charge < -0.3 is 5.11 Å². The Morgan fingerprint density at radius 2 is 2.11 bits per heavy atom. The second-order valence-electron chi connectivity index (χ2n) is 5.91. The predicted octanol–water partition coefficient (Wildman–Crippen LogP) is 3.30. The molecule has 0 radical (unpaired) electrons. The molecule has 2 aromatic heterocycles. The van der Waals surface area contributed by atoms with E-state index < -0.39 is 0 Å². The third-order valence-electron chi connectivity index (χ3n) is 4.23. The molecule has 0 fully saturated rings. The first-order valence-electron chi connectivity index (χ1n) is 8.25. The number of hydrogen-bond donors (Lipinski definition) is 2. The van der Waals surface area contributed by atoms with Crippen LogP contribution in [0.15, 0.2) is 52.8 Å². The number of thiazole rings is 1. The number of aryl methyl sites for hydroxylation is 1. The van der Waals surface area contributed by atoms with Gasteiger partial charge in [-0.2, -0.15) is 10.4 Å². The zero-order valence-electron chi connectivity index (χ0n) is 14.5. The second-order valence-corrected chi connectivity index (χ2v) is 6.92. The Balaban J connectivity index is 1.60. The fourth-order valence-electron chi connectivity index (χ4n) is 2.80. The zero-order chi connectivity index (χ0) is 18.8. The minimum Gasteiger partial charge on any atom is -0.394 e. The van der Waals surface area contributed by atoms with E-state index in [-0.39, 0.29) is 13.2 Å². The SMILES string of the molecule is C[n+]1c(N=Nc2ccc(N(C#N)CCO)cc2)sc2cc3cn[nH]c3cc21. The monoisotopic (exact) mass is 378 g/mol. The molecule has 4 aromatic rings. The van der Waals surface area contributed by atoms with Gasteiger partial charge in [0.15, 0.2) is 6.19 Å². The molecule has 9 heteroatoms. The van der Waals surface area contributed by atoms with E-state index in [1.54, 1.807) is 41.8 Å². The van der Waals surface area contributed by atoms with Crippen LogP contribution in [0.25, 0.3) is 21.1 Å². The van der Waals surface area contributed by atoms with Crippen molar-refractivity contribution in [2.45, 2.75) is 0 Å². The van der Waals surface area contributed by atoms with Crippen molar-refractivity contribution >= 4 is 49.0 Å². The quantitative estimate of drug-likeness (QED) is 0.241. The number of aliphatic hydroxyl groups excluding tert-OH is 1. The van der Waals surface area contributed by atoms with Crippen LogP contribution in [0.5, 0.6) is 0 Å². The van der Waals surface area contributed by atoms with Crippen molar-refractivity contribution in [1.82, 2.24) is 10.2 Å². The smallest absolute Gasteiger partial charge is 0.394 e. The predicted molar refractivity (Wildman–Crippen MR) is 103 cm³/mol. The highest BCUT2D eigenvalue weighted by atomic mass is 32.1. The summed E-state index contributed by atoms with van der Waals surface area (Å²) in [5.74, 6) is 0. The lowest BCUT2D eigenvalue weighted by Crippen LogP contribution is -2.25. The molecule has 0 bridgehead atoms. The Bertz CT molecular complexity index is 1170. The lowest BCUT2D eigenvalue weighted by Gasteiger charge is -2.13. The number of fused-ring (bicyclic) bond motifs is 2. The molecule has 27 heavy (non-hydrogen) atoms. The number of azo groups is 1. The lowest BCUT2D eigenvalue weighted by molar-refractivity contribution is -0.627. The Kier molecular flexibility index (Phi) is 4.50. The first-order chi connectivity index (χ1) is 13.2. The first-order valence-corrected chi connectivity index (χ1v) is 9.07. The topological polar surface area (TPSA) is 105 Å². The molecule has 8 nitrogen and oxygen atoms in total. The Morgan fingerprint density at radius 3 is 2.85 bits per heavy atom. The van der Waals surface area contributed by atoms with Gasteiger partial charge in [0.1, 0.15) is 11.2 Å². The molecular weight excluding hydrogens is 362 g/mol. The summed E-state index contributed by atoms with van der Waals surface area (Å²) in [5, 5.41) is 35.7. The summed E-state index contributed by atoms with van der Waals surface area (Å²) >= 11 is 1.56. The number of nitrogens with zero attached hydrogens (tertiary/aromatic N) is 6. The normalized spacial score (nSPS) is 11.4. The highest BCUT2D eigenvalue weighted by molar-refractivity contribution is 7.21. The highest BCUT2D eigenvalue weighted by Crippen LogP contribution is 2.30. The molecule has 0 aliphatic heterocycles. The second kappa shape index (κ2) is 7.11. The van der Waals surface area contributed by atoms with E-state index >= 15 is 0 Å². The molecule has 0 saturated carbocycles. The fraction of sp³-hybridized carbons (Fsp3) is 0.167. The maximum absolute atomic E-state index is 9.10. The number of H-pyrrole nitrogens is 1. The fourth-order valence-corrected chi connectivity index (χ4v) is 3.80. The molecule has 2 N–H and O–H groups in total. The maximum Gasteiger partial charge on any atom is 0.409 e. The van der Waals surface area contributed by atoms with Crippen LogP contribution in [-0.2, 0) is 7.05 Å². The number of benzene rings is 2.